The number of morpholine rings is 1. The van der Waals surface area contributed by atoms with Crippen LogP contribution in [0.5, 0.6) is 0 Å². The third-order valence-electron chi connectivity index (χ3n) is 5.89. The van der Waals surface area contributed by atoms with Gasteiger partial charge in [-0.05, 0) is 36.8 Å². The minimum atomic E-state index is 0.329. The zero-order chi connectivity index (χ0) is 19.5. The number of nitrogens with zero attached hydrogens (tertiary/aromatic N) is 2. The summed E-state index contributed by atoms with van der Waals surface area (Å²) in [6.45, 7) is 8.09. The summed E-state index contributed by atoms with van der Waals surface area (Å²) in [6.07, 6.45) is 7.50. The molecule has 1 aliphatic heterocycles. The second kappa shape index (κ2) is 11.4. The standard InChI is InChI=1S/C21H36N4O3/c1-26-15-8-21(6-3-7-21)18-24-20(22-9-5-19-4-2-14-28-19)23-10-11-25-12-16-27-17-13-25/h2,4,14H,3,5-13,15-18H2,1H3,(H2,22,23,24). The first-order valence-corrected chi connectivity index (χ1v) is 10.6. The van der Waals surface area contributed by atoms with Crippen molar-refractivity contribution < 1.29 is 13.9 Å². The number of guanidine groups is 1. The van der Waals surface area contributed by atoms with Gasteiger partial charge in [0.25, 0.3) is 0 Å². The Hall–Kier alpha value is -1.57. The summed E-state index contributed by atoms with van der Waals surface area (Å²) in [6, 6.07) is 3.94. The highest BCUT2D eigenvalue weighted by atomic mass is 16.5. The fourth-order valence-corrected chi connectivity index (χ4v) is 3.82. The molecular formula is C21H36N4O3. The first-order valence-electron chi connectivity index (χ1n) is 10.6. The molecule has 1 aromatic heterocycles. The number of rotatable bonds is 11. The molecule has 7 heteroatoms. The second-order valence-corrected chi connectivity index (χ2v) is 7.90. The fraction of sp³-hybridized carbons (Fsp3) is 0.762. The molecule has 2 fully saturated rings. The lowest BCUT2D eigenvalue weighted by Crippen LogP contribution is -2.45. The van der Waals surface area contributed by atoms with E-state index in [1.54, 1.807) is 13.4 Å². The van der Waals surface area contributed by atoms with Gasteiger partial charge in [-0.2, -0.15) is 0 Å². The first kappa shape index (κ1) is 21.1. The van der Waals surface area contributed by atoms with Gasteiger partial charge in [-0.3, -0.25) is 9.89 Å². The van der Waals surface area contributed by atoms with Crippen LogP contribution in [0.1, 0.15) is 31.4 Å². The van der Waals surface area contributed by atoms with Crippen molar-refractivity contribution in [3.05, 3.63) is 24.2 Å². The van der Waals surface area contributed by atoms with Gasteiger partial charge in [0.05, 0.1) is 19.5 Å². The maximum atomic E-state index is 5.43. The van der Waals surface area contributed by atoms with E-state index in [1.807, 2.05) is 12.1 Å². The average Bonchev–Trinajstić information content (AvgIpc) is 3.21. The number of aliphatic imine (C=N–C) groups is 1. The van der Waals surface area contributed by atoms with Gasteiger partial charge < -0.3 is 24.5 Å². The average molecular weight is 393 g/mol. The molecule has 0 amide bonds. The first-order chi connectivity index (χ1) is 13.8. The largest absolute Gasteiger partial charge is 0.469 e. The molecule has 0 bridgehead atoms. The lowest BCUT2D eigenvalue weighted by Gasteiger charge is -2.40. The second-order valence-electron chi connectivity index (χ2n) is 7.90. The Labute approximate surface area is 168 Å². The van der Waals surface area contributed by atoms with Crippen LogP contribution in [0.25, 0.3) is 0 Å². The van der Waals surface area contributed by atoms with Crippen LogP contribution in [0.4, 0.5) is 0 Å². The van der Waals surface area contributed by atoms with Crippen LogP contribution in [0, 0.1) is 5.41 Å². The normalized spacial score (nSPS) is 20.0. The molecule has 7 nitrogen and oxygen atoms in total. The lowest BCUT2D eigenvalue weighted by atomic mass is 9.67. The van der Waals surface area contributed by atoms with Crippen LogP contribution < -0.4 is 10.6 Å². The number of methoxy groups -OCH3 is 1. The Morgan fingerprint density at radius 1 is 1.25 bits per heavy atom. The highest BCUT2D eigenvalue weighted by Gasteiger charge is 2.36. The summed E-state index contributed by atoms with van der Waals surface area (Å²) in [7, 11) is 1.78. The summed E-state index contributed by atoms with van der Waals surface area (Å²) in [4.78, 5) is 7.37. The topological polar surface area (TPSA) is 71.3 Å². The van der Waals surface area contributed by atoms with Gasteiger partial charge in [-0.15, -0.1) is 0 Å². The van der Waals surface area contributed by atoms with Crippen molar-refractivity contribution in [2.24, 2.45) is 10.4 Å². The molecule has 2 heterocycles. The number of furan rings is 1. The molecule has 2 N–H and O–H groups in total. The van der Waals surface area contributed by atoms with Crippen LogP contribution in [-0.2, 0) is 15.9 Å². The Balaban J connectivity index is 1.48. The predicted octanol–water partition coefficient (Wildman–Crippen LogP) is 1.90. The molecule has 28 heavy (non-hydrogen) atoms. The molecule has 158 valence electrons. The molecule has 3 rings (SSSR count). The van der Waals surface area contributed by atoms with Crippen molar-refractivity contribution in [2.45, 2.75) is 32.1 Å². The zero-order valence-corrected chi connectivity index (χ0v) is 17.3. The maximum Gasteiger partial charge on any atom is 0.191 e. The maximum absolute atomic E-state index is 5.43. The fourth-order valence-electron chi connectivity index (χ4n) is 3.82. The molecule has 1 aromatic rings. The number of nitrogens with one attached hydrogen (secondary N) is 2. The van der Waals surface area contributed by atoms with E-state index in [1.165, 1.54) is 19.3 Å². The number of hydrogen-bond acceptors (Lipinski definition) is 5. The van der Waals surface area contributed by atoms with Crippen molar-refractivity contribution in [1.82, 2.24) is 15.5 Å². The Morgan fingerprint density at radius 2 is 2.07 bits per heavy atom. The summed E-state index contributed by atoms with van der Waals surface area (Å²) < 4.78 is 16.2. The number of hydrogen-bond donors (Lipinski definition) is 2. The Kier molecular flexibility index (Phi) is 8.64. The third kappa shape index (κ3) is 6.79. The van der Waals surface area contributed by atoms with Gasteiger partial charge in [0.1, 0.15) is 5.76 Å². The zero-order valence-electron chi connectivity index (χ0n) is 17.3. The summed E-state index contributed by atoms with van der Waals surface area (Å²) >= 11 is 0. The van der Waals surface area contributed by atoms with Crippen molar-refractivity contribution in [1.29, 1.82) is 0 Å². The SMILES string of the molecule is COCCC1(CN=C(NCCc2ccco2)NCCN2CCOCC2)CCC1. The monoisotopic (exact) mass is 392 g/mol. The molecule has 0 atom stereocenters. The van der Waals surface area contributed by atoms with E-state index in [4.69, 9.17) is 18.9 Å². The van der Waals surface area contributed by atoms with Gasteiger partial charge in [0, 0.05) is 59.4 Å². The van der Waals surface area contributed by atoms with Crippen molar-refractivity contribution in [3.63, 3.8) is 0 Å². The van der Waals surface area contributed by atoms with E-state index in [0.29, 0.717) is 5.41 Å². The molecule has 0 spiro atoms. The molecule has 0 aromatic carbocycles. The Bertz CT molecular complexity index is 566. The minimum Gasteiger partial charge on any atom is -0.469 e. The summed E-state index contributed by atoms with van der Waals surface area (Å²) in [5.41, 5.74) is 0.329. The van der Waals surface area contributed by atoms with E-state index in [0.717, 1.165) is 83.7 Å². The van der Waals surface area contributed by atoms with E-state index in [-0.39, 0.29) is 0 Å². The molecule has 1 aliphatic carbocycles. The molecule has 0 radical (unpaired) electrons. The van der Waals surface area contributed by atoms with Gasteiger partial charge in [0.15, 0.2) is 5.96 Å². The van der Waals surface area contributed by atoms with Gasteiger partial charge >= 0.3 is 0 Å². The van der Waals surface area contributed by atoms with E-state index >= 15 is 0 Å². The molecular weight excluding hydrogens is 356 g/mol. The van der Waals surface area contributed by atoms with Crippen molar-refractivity contribution in [3.8, 4) is 0 Å². The molecule has 0 unspecified atom stereocenters. The van der Waals surface area contributed by atoms with Gasteiger partial charge in [-0.1, -0.05) is 6.42 Å². The predicted molar refractivity (Wildman–Crippen MR) is 111 cm³/mol. The number of ether oxygens (including phenoxy) is 2. The third-order valence-corrected chi connectivity index (χ3v) is 5.89. The molecule has 1 saturated carbocycles. The highest BCUT2D eigenvalue weighted by Crippen LogP contribution is 2.44. The Morgan fingerprint density at radius 3 is 2.75 bits per heavy atom. The van der Waals surface area contributed by atoms with E-state index < -0.39 is 0 Å². The quantitative estimate of drug-likeness (QED) is 0.443. The van der Waals surface area contributed by atoms with Crippen molar-refractivity contribution in [2.75, 3.05) is 66.2 Å². The lowest BCUT2D eigenvalue weighted by molar-refractivity contribution is 0.0389. The summed E-state index contributed by atoms with van der Waals surface area (Å²) in [5, 5.41) is 7.00. The van der Waals surface area contributed by atoms with E-state index in [2.05, 4.69) is 15.5 Å². The van der Waals surface area contributed by atoms with Crippen LogP contribution in [-0.4, -0.2) is 77.1 Å². The van der Waals surface area contributed by atoms with Gasteiger partial charge in [-0.25, -0.2) is 0 Å². The van der Waals surface area contributed by atoms with Crippen molar-refractivity contribution >= 4 is 5.96 Å². The van der Waals surface area contributed by atoms with Gasteiger partial charge in [0.2, 0.25) is 0 Å². The van der Waals surface area contributed by atoms with Crippen LogP contribution in [0.3, 0.4) is 0 Å². The van der Waals surface area contributed by atoms with Crippen LogP contribution >= 0.6 is 0 Å². The summed E-state index contributed by atoms with van der Waals surface area (Å²) in [5.74, 6) is 1.90. The molecule has 1 saturated heterocycles. The highest BCUT2D eigenvalue weighted by molar-refractivity contribution is 5.79. The van der Waals surface area contributed by atoms with Crippen LogP contribution in [0.2, 0.25) is 0 Å². The molecule has 2 aliphatic rings. The minimum absolute atomic E-state index is 0.329. The van der Waals surface area contributed by atoms with E-state index in [9.17, 15) is 0 Å². The van der Waals surface area contributed by atoms with Crippen LogP contribution in [0.15, 0.2) is 27.8 Å². The smallest absolute Gasteiger partial charge is 0.191 e.